The standard InChI is InChI=1S/C14H21BClNO2/c1-9(2)10-7-12(17-8-11(10)16)15-18-13(3,4)14(5,6)19-15/h7-9H,1-6H3. The van der Waals surface area contributed by atoms with E-state index in [9.17, 15) is 0 Å². The molecule has 0 aromatic carbocycles. The Bertz CT molecular complexity index is 472. The van der Waals surface area contributed by atoms with Crippen molar-refractivity contribution in [3.63, 3.8) is 0 Å². The van der Waals surface area contributed by atoms with E-state index in [4.69, 9.17) is 20.9 Å². The number of pyridine rings is 1. The number of halogens is 1. The van der Waals surface area contributed by atoms with E-state index >= 15 is 0 Å². The van der Waals surface area contributed by atoms with Crippen LogP contribution in [0.5, 0.6) is 0 Å². The topological polar surface area (TPSA) is 31.4 Å². The van der Waals surface area contributed by atoms with Crippen molar-refractivity contribution >= 4 is 24.3 Å². The zero-order chi connectivity index (χ0) is 14.4. The molecule has 19 heavy (non-hydrogen) atoms. The molecule has 1 aromatic heterocycles. The molecular formula is C14H21BClNO2. The molecule has 1 saturated heterocycles. The van der Waals surface area contributed by atoms with Gasteiger partial charge >= 0.3 is 7.12 Å². The second-order valence-corrected chi connectivity index (χ2v) is 6.78. The van der Waals surface area contributed by atoms with Crippen LogP contribution in [0.3, 0.4) is 0 Å². The summed E-state index contributed by atoms with van der Waals surface area (Å²) in [4.78, 5) is 4.35. The Morgan fingerprint density at radius 1 is 1.16 bits per heavy atom. The first-order chi connectivity index (χ1) is 8.64. The molecule has 2 heterocycles. The summed E-state index contributed by atoms with van der Waals surface area (Å²) in [6, 6.07) is 1.98. The molecule has 5 heteroatoms. The third kappa shape index (κ3) is 2.67. The predicted octanol–water partition coefficient (Wildman–Crippen LogP) is 3.16. The van der Waals surface area contributed by atoms with Gasteiger partial charge in [0.1, 0.15) is 0 Å². The molecule has 0 aliphatic carbocycles. The fraction of sp³-hybridized carbons (Fsp3) is 0.643. The SMILES string of the molecule is CC(C)c1cc(B2OC(C)(C)C(C)(C)O2)ncc1Cl. The molecule has 0 spiro atoms. The molecular weight excluding hydrogens is 260 g/mol. The second-order valence-electron chi connectivity index (χ2n) is 6.37. The number of hydrogen-bond donors (Lipinski definition) is 0. The molecule has 1 aliphatic rings. The van der Waals surface area contributed by atoms with Gasteiger partial charge in [-0.05, 0) is 45.2 Å². The van der Waals surface area contributed by atoms with E-state index in [0.29, 0.717) is 10.9 Å². The van der Waals surface area contributed by atoms with Gasteiger partial charge in [0.2, 0.25) is 0 Å². The molecule has 0 amide bonds. The minimum Gasteiger partial charge on any atom is -0.398 e. The van der Waals surface area contributed by atoms with E-state index in [1.54, 1.807) is 6.20 Å². The maximum Gasteiger partial charge on any atom is 0.514 e. The Morgan fingerprint density at radius 2 is 1.68 bits per heavy atom. The first kappa shape index (κ1) is 14.8. The van der Waals surface area contributed by atoms with Gasteiger partial charge in [0.25, 0.3) is 0 Å². The van der Waals surface area contributed by atoms with Gasteiger partial charge in [0, 0.05) is 6.20 Å². The summed E-state index contributed by atoms with van der Waals surface area (Å²) in [6.45, 7) is 12.3. The number of hydrogen-bond acceptors (Lipinski definition) is 3. The smallest absolute Gasteiger partial charge is 0.398 e. The molecule has 0 atom stereocenters. The van der Waals surface area contributed by atoms with E-state index in [2.05, 4.69) is 18.8 Å². The average Bonchev–Trinajstić information content (AvgIpc) is 2.48. The molecule has 0 N–H and O–H groups in total. The Kier molecular flexibility index (Phi) is 3.71. The summed E-state index contributed by atoms with van der Waals surface area (Å²) >= 11 is 6.17. The zero-order valence-electron chi connectivity index (χ0n) is 12.5. The van der Waals surface area contributed by atoms with Gasteiger partial charge in [-0.15, -0.1) is 0 Å². The third-order valence-corrected chi connectivity index (χ3v) is 4.34. The van der Waals surface area contributed by atoms with Gasteiger partial charge in [0.15, 0.2) is 0 Å². The van der Waals surface area contributed by atoms with E-state index in [1.807, 2.05) is 33.8 Å². The summed E-state index contributed by atoms with van der Waals surface area (Å²) < 4.78 is 12.0. The minimum atomic E-state index is -0.431. The van der Waals surface area contributed by atoms with Crippen molar-refractivity contribution < 1.29 is 9.31 Å². The number of rotatable bonds is 2. The van der Waals surface area contributed by atoms with Crippen LogP contribution in [0.25, 0.3) is 0 Å². The van der Waals surface area contributed by atoms with Crippen LogP contribution in [0.4, 0.5) is 0 Å². The van der Waals surface area contributed by atoms with Crippen LogP contribution < -0.4 is 5.59 Å². The van der Waals surface area contributed by atoms with Gasteiger partial charge in [0.05, 0.1) is 21.8 Å². The van der Waals surface area contributed by atoms with E-state index < -0.39 is 7.12 Å². The number of nitrogens with zero attached hydrogens (tertiary/aromatic N) is 1. The van der Waals surface area contributed by atoms with Gasteiger partial charge in [-0.1, -0.05) is 25.4 Å². The lowest BCUT2D eigenvalue weighted by atomic mass is 9.82. The van der Waals surface area contributed by atoms with Gasteiger partial charge < -0.3 is 9.31 Å². The minimum absolute atomic E-state index is 0.344. The third-order valence-electron chi connectivity index (χ3n) is 4.02. The van der Waals surface area contributed by atoms with Crippen LogP contribution in [-0.2, 0) is 9.31 Å². The summed E-state index contributed by atoms with van der Waals surface area (Å²) in [5.41, 5.74) is 1.15. The molecule has 1 fully saturated rings. The van der Waals surface area contributed by atoms with Crippen LogP contribution in [0.1, 0.15) is 53.0 Å². The Hall–Kier alpha value is -0.575. The molecule has 3 nitrogen and oxygen atoms in total. The van der Waals surface area contributed by atoms with Crippen molar-refractivity contribution in [1.82, 2.24) is 4.98 Å². The fourth-order valence-electron chi connectivity index (χ4n) is 2.01. The zero-order valence-corrected chi connectivity index (χ0v) is 13.2. The predicted molar refractivity (Wildman–Crippen MR) is 79.1 cm³/mol. The van der Waals surface area contributed by atoms with E-state index in [0.717, 1.165) is 11.2 Å². The summed E-state index contributed by atoms with van der Waals surface area (Å²) in [7, 11) is -0.431. The Labute approximate surface area is 120 Å². The quantitative estimate of drug-likeness (QED) is 0.780. The van der Waals surface area contributed by atoms with Crippen LogP contribution in [-0.4, -0.2) is 23.3 Å². The monoisotopic (exact) mass is 281 g/mol. The molecule has 0 saturated carbocycles. The lowest BCUT2D eigenvalue weighted by Gasteiger charge is -2.32. The highest BCUT2D eigenvalue weighted by Gasteiger charge is 2.52. The number of aromatic nitrogens is 1. The van der Waals surface area contributed by atoms with Crippen LogP contribution >= 0.6 is 11.6 Å². The highest BCUT2D eigenvalue weighted by Crippen LogP contribution is 2.36. The van der Waals surface area contributed by atoms with Gasteiger partial charge in [-0.25, -0.2) is 0 Å². The van der Waals surface area contributed by atoms with Gasteiger partial charge in [-0.3, -0.25) is 4.98 Å². The van der Waals surface area contributed by atoms with Crippen molar-refractivity contribution in [2.75, 3.05) is 0 Å². The highest BCUT2D eigenvalue weighted by molar-refractivity contribution is 6.61. The largest absolute Gasteiger partial charge is 0.514 e. The second kappa shape index (κ2) is 4.76. The van der Waals surface area contributed by atoms with Crippen molar-refractivity contribution in [3.8, 4) is 0 Å². The normalized spacial score (nSPS) is 21.2. The van der Waals surface area contributed by atoms with E-state index in [1.165, 1.54) is 0 Å². The molecule has 104 valence electrons. The van der Waals surface area contributed by atoms with Crippen LogP contribution in [0, 0.1) is 0 Å². The maximum absolute atomic E-state index is 6.17. The van der Waals surface area contributed by atoms with Crippen molar-refractivity contribution in [2.45, 2.75) is 58.7 Å². The lowest BCUT2D eigenvalue weighted by molar-refractivity contribution is 0.00578. The summed E-state index contributed by atoms with van der Waals surface area (Å²) in [5.74, 6) is 0.344. The molecule has 1 aromatic rings. The summed E-state index contributed by atoms with van der Waals surface area (Å²) in [6.07, 6.45) is 1.68. The molecule has 0 unspecified atom stereocenters. The Morgan fingerprint density at radius 3 is 2.16 bits per heavy atom. The first-order valence-corrected chi connectivity index (χ1v) is 7.03. The van der Waals surface area contributed by atoms with Crippen molar-refractivity contribution in [1.29, 1.82) is 0 Å². The molecule has 0 bridgehead atoms. The van der Waals surface area contributed by atoms with Crippen molar-refractivity contribution in [2.24, 2.45) is 0 Å². The van der Waals surface area contributed by atoms with Crippen LogP contribution in [0.2, 0.25) is 5.02 Å². The fourth-order valence-corrected chi connectivity index (χ4v) is 2.33. The molecule has 1 aliphatic heterocycles. The Balaban J connectivity index is 2.32. The van der Waals surface area contributed by atoms with E-state index in [-0.39, 0.29) is 11.2 Å². The molecule has 0 radical (unpaired) electrons. The van der Waals surface area contributed by atoms with Gasteiger partial charge in [-0.2, -0.15) is 0 Å². The molecule has 2 rings (SSSR count). The van der Waals surface area contributed by atoms with Crippen molar-refractivity contribution in [3.05, 3.63) is 22.8 Å². The highest BCUT2D eigenvalue weighted by atomic mass is 35.5. The summed E-state index contributed by atoms with van der Waals surface area (Å²) in [5, 5.41) is 0.690. The lowest BCUT2D eigenvalue weighted by Crippen LogP contribution is -2.41. The first-order valence-electron chi connectivity index (χ1n) is 6.65. The average molecular weight is 282 g/mol. The maximum atomic E-state index is 6.17. The van der Waals surface area contributed by atoms with Crippen LogP contribution in [0.15, 0.2) is 12.3 Å².